The molecule has 1 saturated heterocycles. The first-order valence-electron chi connectivity index (χ1n) is 8.41. The van der Waals surface area contributed by atoms with Crippen molar-refractivity contribution in [1.29, 1.82) is 0 Å². The van der Waals surface area contributed by atoms with Crippen molar-refractivity contribution in [1.82, 2.24) is 5.32 Å². The summed E-state index contributed by atoms with van der Waals surface area (Å²) in [5.41, 5.74) is 0.460. The molecule has 0 unspecified atom stereocenters. The average molecular weight is 315 g/mol. The van der Waals surface area contributed by atoms with Crippen molar-refractivity contribution in [2.45, 2.75) is 44.8 Å². The Morgan fingerprint density at radius 3 is 3.04 bits per heavy atom. The number of fused-ring (bicyclic) bond motifs is 2. The first kappa shape index (κ1) is 14.5. The zero-order chi connectivity index (χ0) is 16.0. The van der Waals surface area contributed by atoms with Gasteiger partial charge < -0.3 is 14.8 Å². The summed E-state index contributed by atoms with van der Waals surface area (Å²) in [5, 5.41) is 3.07. The summed E-state index contributed by atoms with van der Waals surface area (Å²) < 4.78 is 11.5. The Labute approximate surface area is 135 Å². The Kier molecular flexibility index (Phi) is 3.32. The highest BCUT2D eigenvalue weighted by Gasteiger charge is 2.66. The van der Waals surface area contributed by atoms with Gasteiger partial charge in [-0.15, -0.1) is 0 Å². The quantitative estimate of drug-likeness (QED) is 0.672. The van der Waals surface area contributed by atoms with E-state index in [4.69, 9.17) is 9.47 Å². The maximum atomic E-state index is 12.6. The highest BCUT2D eigenvalue weighted by molar-refractivity contribution is 6.01. The summed E-state index contributed by atoms with van der Waals surface area (Å²) in [6.07, 6.45) is 3.62. The Morgan fingerprint density at radius 2 is 2.22 bits per heavy atom. The van der Waals surface area contributed by atoms with Gasteiger partial charge in [0.15, 0.2) is 0 Å². The van der Waals surface area contributed by atoms with Crippen molar-refractivity contribution in [2.75, 3.05) is 6.61 Å². The normalized spacial score (nSPS) is 34.5. The molecule has 2 aliphatic heterocycles. The van der Waals surface area contributed by atoms with Gasteiger partial charge in [-0.3, -0.25) is 9.59 Å². The largest absolute Gasteiger partial charge is 0.489 e. The molecule has 1 amide bonds. The van der Waals surface area contributed by atoms with E-state index < -0.39 is 17.3 Å². The lowest BCUT2D eigenvalue weighted by molar-refractivity contribution is -0.161. The summed E-state index contributed by atoms with van der Waals surface area (Å²) in [6.45, 7) is 2.05. The highest BCUT2D eigenvalue weighted by atomic mass is 16.5. The first-order valence-corrected chi connectivity index (χ1v) is 8.41. The van der Waals surface area contributed by atoms with Crippen molar-refractivity contribution < 1.29 is 19.1 Å². The topological polar surface area (TPSA) is 64.6 Å². The van der Waals surface area contributed by atoms with E-state index in [9.17, 15) is 9.59 Å². The van der Waals surface area contributed by atoms with Gasteiger partial charge in [-0.05, 0) is 32.3 Å². The summed E-state index contributed by atoms with van der Waals surface area (Å²) in [7, 11) is 0. The van der Waals surface area contributed by atoms with E-state index in [1.54, 1.807) is 6.92 Å². The SMILES string of the molecule is CCOC(=O)[C@H]1C(=O)N[C@H]2c3ccccc3O[C@H]3CCCC[C@]132. The molecule has 2 fully saturated rings. The minimum Gasteiger partial charge on any atom is -0.489 e. The third-order valence-electron chi connectivity index (χ3n) is 5.57. The second kappa shape index (κ2) is 5.25. The van der Waals surface area contributed by atoms with Crippen LogP contribution in [0.3, 0.4) is 0 Å². The zero-order valence-corrected chi connectivity index (χ0v) is 13.2. The molecular weight excluding hydrogens is 294 g/mol. The maximum Gasteiger partial charge on any atom is 0.319 e. The van der Waals surface area contributed by atoms with Crippen LogP contribution in [0.2, 0.25) is 0 Å². The average Bonchev–Trinajstić information content (AvgIpc) is 2.85. The minimum absolute atomic E-state index is 0.121. The number of hydrogen-bond donors (Lipinski definition) is 1. The molecule has 122 valence electrons. The predicted molar refractivity (Wildman–Crippen MR) is 82.8 cm³/mol. The lowest BCUT2D eigenvalue weighted by Gasteiger charge is -2.49. The van der Waals surface area contributed by atoms with Crippen LogP contribution in [0, 0.1) is 11.3 Å². The fourth-order valence-electron chi connectivity index (χ4n) is 4.69. The maximum absolute atomic E-state index is 12.6. The van der Waals surface area contributed by atoms with Crippen LogP contribution in [-0.2, 0) is 14.3 Å². The van der Waals surface area contributed by atoms with Crippen molar-refractivity contribution in [3.05, 3.63) is 29.8 Å². The van der Waals surface area contributed by atoms with Crippen LogP contribution in [0.15, 0.2) is 24.3 Å². The van der Waals surface area contributed by atoms with E-state index in [1.807, 2.05) is 24.3 Å². The smallest absolute Gasteiger partial charge is 0.319 e. The molecule has 1 spiro atoms. The number of amides is 1. The molecule has 0 aromatic heterocycles. The van der Waals surface area contributed by atoms with Gasteiger partial charge in [-0.2, -0.15) is 0 Å². The molecule has 1 aromatic rings. The Bertz CT molecular complexity index is 658. The van der Waals surface area contributed by atoms with Crippen LogP contribution < -0.4 is 10.1 Å². The molecule has 1 aliphatic carbocycles. The number of carbonyl (C=O) groups is 2. The van der Waals surface area contributed by atoms with Gasteiger partial charge in [0, 0.05) is 5.56 Å². The van der Waals surface area contributed by atoms with E-state index in [-0.39, 0.29) is 24.7 Å². The Morgan fingerprint density at radius 1 is 1.39 bits per heavy atom. The van der Waals surface area contributed by atoms with Gasteiger partial charge in [0.2, 0.25) is 5.91 Å². The fraction of sp³-hybridized carbons (Fsp3) is 0.556. The third kappa shape index (κ3) is 1.92. The fourth-order valence-corrected chi connectivity index (χ4v) is 4.69. The summed E-state index contributed by atoms with van der Waals surface area (Å²) in [5.74, 6) is -0.584. The minimum atomic E-state index is -0.772. The molecule has 1 N–H and O–H groups in total. The van der Waals surface area contributed by atoms with Gasteiger partial charge >= 0.3 is 5.97 Å². The number of esters is 1. The number of benzene rings is 1. The van der Waals surface area contributed by atoms with Crippen molar-refractivity contribution >= 4 is 11.9 Å². The number of nitrogens with one attached hydrogen (secondary N) is 1. The number of ether oxygens (including phenoxy) is 2. The van der Waals surface area contributed by atoms with Crippen LogP contribution in [-0.4, -0.2) is 24.6 Å². The number of para-hydroxylation sites is 1. The van der Waals surface area contributed by atoms with E-state index >= 15 is 0 Å². The molecule has 4 rings (SSSR count). The molecule has 1 aromatic carbocycles. The molecular formula is C18H21NO4. The van der Waals surface area contributed by atoms with Crippen molar-refractivity contribution in [3.8, 4) is 5.75 Å². The molecule has 3 aliphatic rings. The molecule has 5 nitrogen and oxygen atoms in total. The molecule has 0 bridgehead atoms. The van der Waals surface area contributed by atoms with Crippen molar-refractivity contribution in [2.24, 2.45) is 11.3 Å². The molecule has 23 heavy (non-hydrogen) atoms. The monoisotopic (exact) mass is 315 g/mol. The second-order valence-corrected chi connectivity index (χ2v) is 6.63. The van der Waals surface area contributed by atoms with E-state index in [1.165, 1.54) is 0 Å². The lowest BCUT2D eigenvalue weighted by atomic mass is 9.59. The van der Waals surface area contributed by atoms with Crippen LogP contribution in [0.25, 0.3) is 0 Å². The molecule has 4 atom stereocenters. The van der Waals surface area contributed by atoms with Gasteiger partial charge in [0.05, 0.1) is 18.1 Å². The van der Waals surface area contributed by atoms with E-state index in [2.05, 4.69) is 5.32 Å². The molecule has 1 saturated carbocycles. The first-order chi connectivity index (χ1) is 11.2. The standard InChI is InChI=1S/C18H21NO4/c1-2-22-17(21)14-16(20)19-15-11-7-3-4-8-12(11)23-13-9-5-6-10-18(13,14)15/h3-4,7-8,13-15H,2,5-6,9-10H2,1H3,(H,19,20)/t13-,14+,15-,18+/m0/s1. The van der Waals surface area contributed by atoms with Gasteiger partial charge in [-0.25, -0.2) is 0 Å². The zero-order valence-electron chi connectivity index (χ0n) is 13.2. The number of hydrogen-bond acceptors (Lipinski definition) is 4. The predicted octanol–water partition coefficient (Wildman–Crippen LogP) is 2.36. The second-order valence-electron chi connectivity index (χ2n) is 6.63. The molecule has 2 heterocycles. The van der Waals surface area contributed by atoms with Gasteiger partial charge in [0.25, 0.3) is 0 Å². The highest BCUT2D eigenvalue weighted by Crippen LogP contribution is 2.60. The van der Waals surface area contributed by atoms with Gasteiger partial charge in [-0.1, -0.05) is 24.6 Å². The summed E-state index contributed by atoms with van der Waals surface area (Å²) in [4.78, 5) is 25.2. The molecule has 5 heteroatoms. The third-order valence-corrected chi connectivity index (χ3v) is 5.57. The van der Waals surface area contributed by atoms with Gasteiger partial charge in [0.1, 0.15) is 17.8 Å². The van der Waals surface area contributed by atoms with Crippen LogP contribution in [0.4, 0.5) is 0 Å². The summed E-state index contributed by atoms with van der Waals surface area (Å²) in [6, 6.07) is 7.65. The lowest BCUT2D eigenvalue weighted by Crippen LogP contribution is -2.53. The van der Waals surface area contributed by atoms with E-state index in [0.29, 0.717) is 0 Å². The van der Waals surface area contributed by atoms with Crippen LogP contribution in [0.5, 0.6) is 5.75 Å². The Hall–Kier alpha value is -2.04. The van der Waals surface area contributed by atoms with Crippen LogP contribution in [0.1, 0.15) is 44.2 Å². The van der Waals surface area contributed by atoms with E-state index in [0.717, 1.165) is 37.0 Å². The van der Waals surface area contributed by atoms with Crippen molar-refractivity contribution in [3.63, 3.8) is 0 Å². The number of rotatable bonds is 2. The molecule has 0 radical (unpaired) electrons. The van der Waals surface area contributed by atoms with Crippen LogP contribution >= 0.6 is 0 Å². The summed E-state index contributed by atoms with van der Waals surface area (Å²) >= 11 is 0. The number of carbonyl (C=O) groups excluding carboxylic acids is 2. The Balaban J connectivity index is 1.85.